The Labute approximate surface area is 310 Å². The Morgan fingerprint density at radius 2 is 0.560 bits per heavy atom. The number of rotatable bonds is 5. The zero-order valence-electron chi connectivity index (χ0n) is 32.2. The highest BCUT2D eigenvalue weighted by molar-refractivity contribution is 7.25. The minimum atomic E-state index is 0.0679. The Balaban J connectivity index is 1.40. The van der Waals surface area contributed by atoms with Crippen LogP contribution in [0, 0.1) is 0 Å². The van der Waals surface area contributed by atoms with Crippen molar-refractivity contribution in [3.05, 3.63) is 131 Å². The van der Waals surface area contributed by atoms with Crippen molar-refractivity contribution in [2.75, 3.05) is 0 Å². The van der Waals surface area contributed by atoms with Crippen molar-refractivity contribution in [2.45, 2.75) is 105 Å². The SMILES string of the molecule is CC(C)(C)c1ccc(-c2ccc(C(C)(C)C)cc2-c2ccc(-c3ccc(-c4cc(C(C)(C)C)ccc4-c4ccc(C(C)(C)C)cc4)s3)s2)cc1. The Hall–Kier alpha value is -3.72. The van der Waals surface area contributed by atoms with Gasteiger partial charge in [0, 0.05) is 19.5 Å². The van der Waals surface area contributed by atoms with Crippen LogP contribution < -0.4 is 0 Å². The van der Waals surface area contributed by atoms with Gasteiger partial charge in [0.05, 0.1) is 0 Å². The predicted octanol–water partition coefficient (Wildman–Crippen LogP) is 15.3. The highest BCUT2D eigenvalue weighted by Crippen LogP contribution is 2.46. The summed E-state index contributed by atoms with van der Waals surface area (Å²) in [6, 6.07) is 41.9. The summed E-state index contributed by atoms with van der Waals surface area (Å²) >= 11 is 3.81. The number of hydrogen-bond acceptors (Lipinski definition) is 2. The average molecular weight is 695 g/mol. The van der Waals surface area contributed by atoms with Crippen molar-refractivity contribution in [3.8, 4) is 52.9 Å². The second-order valence-corrected chi connectivity index (χ2v) is 20.2. The first-order valence-corrected chi connectivity index (χ1v) is 19.6. The van der Waals surface area contributed by atoms with E-state index in [0.717, 1.165) is 0 Å². The third-order valence-electron chi connectivity index (χ3n) is 9.88. The van der Waals surface area contributed by atoms with Crippen LogP contribution in [-0.2, 0) is 21.7 Å². The monoisotopic (exact) mass is 694 g/mol. The quantitative estimate of drug-likeness (QED) is 0.168. The van der Waals surface area contributed by atoms with Gasteiger partial charge >= 0.3 is 0 Å². The molecule has 0 bridgehead atoms. The van der Waals surface area contributed by atoms with Crippen molar-refractivity contribution in [3.63, 3.8) is 0 Å². The molecule has 2 aromatic heterocycles. The van der Waals surface area contributed by atoms with Gasteiger partial charge < -0.3 is 0 Å². The highest BCUT2D eigenvalue weighted by Gasteiger charge is 2.22. The fourth-order valence-corrected chi connectivity index (χ4v) is 8.63. The van der Waals surface area contributed by atoms with Gasteiger partial charge in [0.15, 0.2) is 0 Å². The molecule has 0 saturated heterocycles. The molecule has 0 aliphatic carbocycles. The van der Waals surface area contributed by atoms with Crippen molar-refractivity contribution >= 4 is 22.7 Å². The first kappa shape index (κ1) is 36.1. The van der Waals surface area contributed by atoms with E-state index in [1.54, 1.807) is 0 Å². The lowest BCUT2D eigenvalue weighted by molar-refractivity contribution is 0.590. The van der Waals surface area contributed by atoms with Crippen LogP contribution in [0.5, 0.6) is 0 Å². The third kappa shape index (κ3) is 7.63. The summed E-state index contributed by atoms with van der Waals surface area (Å²) in [6.07, 6.45) is 0. The molecule has 0 atom stereocenters. The van der Waals surface area contributed by atoms with Gasteiger partial charge in [-0.2, -0.15) is 0 Å². The summed E-state index contributed by atoms with van der Waals surface area (Å²) in [4.78, 5) is 5.25. The van der Waals surface area contributed by atoms with E-state index in [9.17, 15) is 0 Å². The second-order valence-electron chi connectivity index (χ2n) is 18.0. The topological polar surface area (TPSA) is 0 Å². The maximum atomic E-state index is 2.43. The van der Waals surface area contributed by atoms with Gasteiger partial charge in [-0.25, -0.2) is 0 Å². The van der Waals surface area contributed by atoms with E-state index in [-0.39, 0.29) is 21.7 Å². The summed E-state index contributed by atoms with van der Waals surface area (Å²) in [5.41, 5.74) is 13.6. The predicted molar refractivity (Wildman–Crippen MR) is 224 cm³/mol. The van der Waals surface area contributed by atoms with Crippen LogP contribution in [0.4, 0.5) is 0 Å². The lowest BCUT2D eigenvalue weighted by atomic mass is 9.83. The minimum Gasteiger partial charge on any atom is -0.134 e. The molecule has 2 heterocycles. The highest BCUT2D eigenvalue weighted by atomic mass is 32.1. The molecule has 0 aliphatic heterocycles. The van der Waals surface area contributed by atoms with E-state index in [0.29, 0.717) is 0 Å². The molecular formula is C48H54S2. The third-order valence-corrected chi connectivity index (χ3v) is 12.3. The van der Waals surface area contributed by atoms with Crippen LogP contribution in [0.25, 0.3) is 52.9 Å². The summed E-state index contributed by atoms with van der Waals surface area (Å²) in [7, 11) is 0. The molecule has 2 heteroatoms. The van der Waals surface area contributed by atoms with E-state index >= 15 is 0 Å². The van der Waals surface area contributed by atoms with Crippen LogP contribution in [0.15, 0.2) is 109 Å². The Bertz CT molecular complexity index is 1950. The van der Waals surface area contributed by atoms with E-state index in [1.165, 1.54) is 75.1 Å². The number of hydrogen-bond donors (Lipinski definition) is 0. The van der Waals surface area contributed by atoms with Crippen LogP contribution in [0.2, 0.25) is 0 Å². The zero-order chi connectivity index (χ0) is 36.2. The van der Waals surface area contributed by atoms with Gasteiger partial charge in [-0.3, -0.25) is 0 Å². The molecule has 4 aromatic carbocycles. The fourth-order valence-electron chi connectivity index (χ4n) is 6.46. The van der Waals surface area contributed by atoms with Gasteiger partial charge in [-0.1, -0.05) is 156 Å². The van der Waals surface area contributed by atoms with Crippen LogP contribution >= 0.6 is 22.7 Å². The Morgan fingerprint density at radius 3 is 0.860 bits per heavy atom. The summed E-state index contributed by atoms with van der Waals surface area (Å²) in [5.74, 6) is 0. The van der Waals surface area contributed by atoms with Crippen LogP contribution in [0.1, 0.15) is 105 Å². The maximum Gasteiger partial charge on any atom is 0.0449 e. The fraction of sp³-hybridized carbons (Fsp3) is 0.333. The molecule has 0 amide bonds. The number of thiophene rings is 2. The van der Waals surface area contributed by atoms with Gasteiger partial charge in [-0.15, -0.1) is 22.7 Å². The van der Waals surface area contributed by atoms with Gasteiger partial charge in [0.1, 0.15) is 0 Å². The van der Waals surface area contributed by atoms with Gasteiger partial charge in [-0.05, 0) is 114 Å². The van der Waals surface area contributed by atoms with E-state index in [4.69, 9.17) is 0 Å². The first-order chi connectivity index (χ1) is 23.3. The van der Waals surface area contributed by atoms with Crippen LogP contribution in [0.3, 0.4) is 0 Å². The summed E-state index contributed by atoms with van der Waals surface area (Å²) in [6.45, 7) is 27.5. The molecule has 0 saturated carbocycles. The normalized spacial score (nSPS) is 12.8. The summed E-state index contributed by atoms with van der Waals surface area (Å²) < 4.78 is 0. The Morgan fingerprint density at radius 1 is 0.280 bits per heavy atom. The van der Waals surface area contributed by atoms with Gasteiger partial charge in [0.2, 0.25) is 0 Å². The molecule has 6 rings (SSSR count). The molecule has 0 unspecified atom stereocenters. The molecule has 258 valence electrons. The Kier molecular flexibility index (Phi) is 9.46. The van der Waals surface area contributed by atoms with Crippen LogP contribution in [-0.4, -0.2) is 0 Å². The molecule has 0 spiro atoms. The van der Waals surface area contributed by atoms with E-state index < -0.39 is 0 Å². The molecule has 0 radical (unpaired) electrons. The van der Waals surface area contributed by atoms with Gasteiger partial charge in [0.25, 0.3) is 0 Å². The molecule has 0 aliphatic rings. The van der Waals surface area contributed by atoms with Crippen molar-refractivity contribution in [1.29, 1.82) is 0 Å². The molecule has 0 N–H and O–H groups in total. The summed E-state index contributed by atoms with van der Waals surface area (Å²) in [5, 5.41) is 0. The largest absolute Gasteiger partial charge is 0.134 e. The lowest BCUT2D eigenvalue weighted by Crippen LogP contribution is -2.11. The lowest BCUT2D eigenvalue weighted by Gasteiger charge is -2.22. The molecule has 0 fully saturated rings. The first-order valence-electron chi connectivity index (χ1n) is 18.0. The average Bonchev–Trinajstić information content (AvgIpc) is 3.73. The van der Waals surface area contributed by atoms with Crippen molar-refractivity contribution in [2.24, 2.45) is 0 Å². The van der Waals surface area contributed by atoms with E-state index in [2.05, 4.69) is 192 Å². The molecule has 0 nitrogen and oxygen atoms in total. The maximum absolute atomic E-state index is 2.43. The molecule has 6 aromatic rings. The molecule has 50 heavy (non-hydrogen) atoms. The second kappa shape index (κ2) is 13.1. The van der Waals surface area contributed by atoms with E-state index in [1.807, 2.05) is 22.7 Å². The zero-order valence-corrected chi connectivity index (χ0v) is 33.8. The number of benzene rings is 4. The smallest absolute Gasteiger partial charge is 0.0449 e. The standard InChI is InChI=1S/C48H54S2/c1-45(2,3)33-17-13-31(14-18-33)37-23-21-35(47(7,8)9)29-39(37)41-25-27-43(49-41)44-28-26-42(50-44)40-30-36(48(10,11)12)22-24-38(40)32-15-19-34(20-16-32)46(4,5)6/h13-30H,1-12H3. The van der Waals surface area contributed by atoms with Crippen molar-refractivity contribution in [1.82, 2.24) is 0 Å². The minimum absolute atomic E-state index is 0.0679. The molecular weight excluding hydrogens is 641 g/mol. The van der Waals surface area contributed by atoms with Crippen molar-refractivity contribution < 1.29 is 0 Å².